The van der Waals surface area contributed by atoms with Gasteiger partial charge in [-0.1, -0.05) is 47.6 Å². The van der Waals surface area contributed by atoms with Crippen molar-refractivity contribution in [3.05, 3.63) is 65.5 Å². The molecule has 0 saturated heterocycles. The molecular formula is C20H18N4O4S2. The number of amides is 1. The molecule has 30 heavy (non-hydrogen) atoms. The molecule has 2 N–H and O–H groups in total. The Morgan fingerprint density at radius 2 is 1.87 bits per heavy atom. The van der Waals surface area contributed by atoms with Crippen LogP contribution in [0.2, 0.25) is 0 Å². The first-order valence-electron chi connectivity index (χ1n) is 9.00. The largest absolute Gasteiger partial charge is 0.387 e. The molecule has 0 fully saturated rings. The number of aromatic nitrogens is 1. The topological polar surface area (TPSA) is 110 Å². The fourth-order valence-electron chi connectivity index (χ4n) is 2.91. The number of hydrogen-bond donors (Lipinski definition) is 2. The van der Waals surface area contributed by atoms with Gasteiger partial charge in [0.1, 0.15) is 5.71 Å². The monoisotopic (exact) mass is 442 g/mol. The molecule has 10 heteroatoms. The van der Waals surface area contributed by atoms with Crippen LogP contribution in [0.5, 0.6) is 0 Å². The Bertz CT molecular complexity index is 1190. The first kappa shape index (κ1) is 20.0. The van der Waals surface area contributed by atoms with E-state index in [-0.39, 0.29) is 12.0 Å². The molecule has 1 atom stereocenters. The molecule has 154 valence electrons. The number of carbonyl (C=O) groups is 1. The van der Waals surface area contributed by atoms with E-state index in [0.29, 0.717) is 28.6 Å². The van der Waals surface area contributed by atoms with Crippen LogP contribution < -0.4 is 10.0 Å². The summed E-state index contributed by atoms with van der Waals surface area (Å²) in [4.78, 5) is 22.3. The van der Waals surface area contributed by atoms with E-state index < -0.39 is 10.0 Å². The van der Waals surface area contributed by atoms with Gasteiger partial charge in [-0.25, -0.2) is 13.4 Å². The van der Waals surface area contributed by atoms with E-state index in [1.165, 1.54) is 11.3 Å². The zero-order valence-electron chi connectivity index (χ0n) is 15.9. The molecule has 0 aliphatic carbocycles. The van der Waals surface area contributed by atoms with E-state index in [1.54, 1.807) is 24.3 Å². The summed E-state index contributed by atoms with van der Waals surface area (Å²) in [5.74, 6) is -0.345. The van der Waals surface area contributed by atoms with E-state index in [0.717, 1.165) is 17.4 Å². The molecule has 0 saturated carbocycles. The molecular weight excluding hydrogens is 424 g/mol. The number of sulfonamides is 1. The summed E-state index contributed by atoms with van der Waals surface area (Å²) in [5, 5.41) is 8.93. The number of thiazole rings is 1. The zero-order chi connectivity index (χ0) is 21.1. The van der Waals surface area contributed by atoms with Gasteiger partial charge >= 0.3 is 0 Å². The number of benzene rings is 2. The van der Waals surface area contributed by atoms with Gasteiger partial charge in [0.25, 0.3) is 5.91 Å². The maximum Gasteiger partial charge on any atom is 0.275 e. The molecule has 3 aromatic rings. The SMILES string of the molecule is CS(=O)(=O)Nc1ccc(-c2csc(NC(=O)C3=NOC(c4ccccc4)C3)n2)cc1. The lowest BCUT2D eigenvalue weighted by molar-refractivity contribution is -0.110. The number of nitrogens with one attached hydrogen (secondary N) is 2. The van der Waals surface area contributed by atoms with Crippen LogP contribution >= 0.6 is 11.3 Å². The Balaban J connectivity index is 1.38. The summed E-state index contributed by atoms with van der Waals surface area (Å²) in [6.07, 6.45) is 1.22. The molecule has 0 spiro atoms. The van der Waals surface area contributed by atoms with Crippen molar-refractivity contribution in [3.63, 3.8) is 0 Å². The van der Waals surface area contributed by atoms with Crippen molar-refractivity contribution in [2.24, 2.45) is 5.16 Å². The molecule has 4 rings (SSSR count). The van der Waals surface area contributed by atoms with Crippen LogP contribution in [0, 0.1) is 0 Å². The summed E-state index contributed by atoms with van der Waals surface area (Å²) in [7, 11) is -3.33. The Hall–Kier alpha value is -3.24. The summed E-state index contributed by atoms with van der Waals surface area (Å²) >= 11 is 1.29. The van der Waals surface area contributed by atoms with Crippen molar-refractivity contribution < 1.29 is 18.0 Å². The van der Waals surface area contributed by atoms with E-state index >= 15 is 0 Å². The zero-order valence-corrected chi connectivity index (χ0v) is 17.5. The van der Waals surface area contributed by atoms with E-state index in [1.807, 2.05) is 35.7 Å². The van der Waals surface area contributed by atoms with E-state index in [4.69, 9.17) is 4.84 Å². The number of carbonyl (C=O) groups excluding carboxylic acids is 1. The molecule has 2 heterocycles. The lowest BCUT2D eigenvalue weighted by atomic mass is 10.0. The summed E-state index contributed by atoms with van der Waals surface area (Å²) in [6.45, 7) is 0. The van der Waals surface area contributed by atoms with Crippen LogP contribution in [0.1, 0.15) is 18.1 Å². The summed E-state index contributed by atoms with van der Waals surface area (Å²) in [5.41, 5.74) is 3.23. The molecule has 8 nitrogen and oxygen atoms in total. The smallest absolute Gasteiger partial charge is 0.275 e. The van der Waals surface area contributed by atoms with Gasteiger partial charge in [-0.15, -0.1) is 11.3 Å². The van der Waals surface area contributed by atoms with E-state index in [2.05, 4.69) is 20.2 Å². The minimum absolute atomic E-state index is 0.266. The minimum Gasteiger partial charge on any atom is -0.387 e. The Kier molecular flexibility index (Phi) is 5.51. The number of hydrogen-bond acceptors (Lipinski definition) is 7. The van der Waals surface area contributed by atoms with Gasteiger partial charge in [0.2, 0.25) is 10.0 Å². The number of nitrogens with zero attached hydrogens (tertiary/aromatic N) is 2. The van der Waals surface area contributed by atoms with Crippen LogP contribution in [0.15, 0.2) is 65.1 Å². The Labute approximate surface area is 177 Å². The minimum atomic E-state index is -3.33. The van der Waals surface area contributed by atoms with Crippen molar-refractivity contribution in [2.75, 3.05) is 16.3 Å². The molecule has 2 aromatic carbocycles. The van der Waals surface area contributed by atoms with Crippen LogP contribution in [-0.4, -0.2) is 31.3 Å². The molecule has 1 aromatic heterocycles. The van der Waals surface area contributed by atoms with Crippen molar-refractivity contribution in [2.45, 2.75) is 12.5 Å². The molecule has 1 aliphatic rings. The van der Waals surface area contributed by atoms with Gasteiger partial charge in [-0.05, 0) is 17.7 Å². The maximum atomic E-state index is 12.5. The highest BCUT2D eigenvalue weighted by Crippen LogP contribution is 2.29. The third-order valence-corrected chi connectivity index (χ3v) is 5.68. The fourth-order valence-corrected chi connectivity index (χ4v) is 4.19. The van der Waals surface area contributed by atoms with Gasteiger partial charge in [-0.2, -0.15) is 0 Å². The molecule has 1 unspecified atom stereocenters. The van der Waals surface area contributed by atoms with Crippen molar-refractivity contribution in [1.29, 1.82) is 0 Å². The van der Waals surface area contributed by atoms with Crippen LogP contribution in [0.4, 0.5) is 10.8 Å². The number of anilines is 2. The van der Waals surface area contributed by atoms with Crippen LogP contribution in [0.25, 0.3) is 11.3 Å². The molecule has 0 bridgehead atoms. The van der Waals surface area contributed by atoms with Gasteiger partial charge in [-0.3, -0.25) is 14.8 Å². The summed E-state index contributed by atoms with van der Waals surface area (Å²) < 4.78 is 25.0. The van der Waals surface area contributed by atoms with Crippen LogP contribution in [0.3, 0.4) is 0 Å². The number of rotatable bonds is 6. The highest BCUT2D eigenvalue weighted by atomic mass is 32.2. The predicted molar refractivity (Wildman–Crippen MR) is 117 cm³/mol. The van der Waals surface area contributed by atoms with Gasteiger partial charge in [0, 0.05) is 23.1 Å². The average molecular weight is 443 g/mol. The first-order chi connectivity index (χ1) is 14.4. The third-order valence-electron chi connectivity index (χ3n) is 4.31. The average Bonchev–Trinajstić information content (AvgIpc) is 3.38. The normalized spacial score (nSPS) is 15.9. The maximum absolute atomic E-state index is 12.5. The molecule has 1 aliphatic heterocycles. The van der Waals surface area contributed by atoms with Gasteiger partial charge in [0.05, 0.1) is 11.9 Å². The van der Waals surface area contributed by atoms with E-state index in [9.17, 15) is 13.2 Å². The van der Waals surface area contributed by atoms with Crippen LogP contribution in [-0.2, 0) is 19.7 Å². The standard InChI is InChI=1S/C20H18N4O4S2/c1-30(26,27)24-15-9-7-13(8-10-15)17-12-29-20(21-17)22-19(25)16-11-18(28-23-16)14-5-3-2-4-6-14/h2-10,12,18,24H,11H2,1H3,(H,21,22,25). The van der Waals surface area contributed by atoms with Crippen molar-refractivity contribution in [3.8, 4) is 11.3 Å². The fraction of sp³-hybridized carbons (Fsp3) is 0.150. The molecule has 0 radical (unpaired) electrons. The highest BCUT2D eigenvalue weighted by Gasteiger charge is 2.27. The lowest BCUT2D eigenvalue weighted by Crippen LogP contribution is -2.21. The van der Waals surface area contributed by atoms with Gasteiger partial charge < -0.3 is 4.84 Å². The second-order valence-electron chi connectivity index (χ2n) is 6.69. The second kappa shape index (κ2) is 8.25. The lowest BCUT2D eigenvalue weighted by Gasteiger charge is -2.07. The summed E-state index contributed by atoms with van der Waals surface area (Å²) in [6, 6.07) is 16.4. The Morgan fingerprint density at radius 3 is 2.57 bits per heavy atom. The second-order valence-corrected chi connectivity index (χ2v) is 9.30. The third kappa shape index (κ3) is 4.84. The van der Waals surface area contributed by atoms with Crippen molar-refractivity contribution >= 4 is 43.8 Å². The Morgan fingerprint density at radius 1 is 1.13 bits per heavy atom. The molecule has 1 amide bonds. The van der Waals surface area contributed by atoms with Gasteiger partial charge in [0.15, 0.2) is 11.2 Å². The quantitative estimate of drug-likeness (QED) is 0.606. The predicted octanol–water partition coefficient (Wildman–Crippen LogP) is 3.64. The first-order valence-corrected chi connectivity index (χ1v) is 11.8. The highest BCUT2D eigenvalue weighted by molar-refractivity contribution is 7.92. The van der Waals surface area contributed by atoms with Crippen molar-refractivity contribution in [1.82, 2.24) is 4.98 Å². The number of oxime groups is 1.